The first-order valence-corrected chi connectivity index (χ1v) is 7.53. The van der Waals surface area contributed by atoms with Gasteiger partial charge in [-0.3, -0.25) is 4.79 Å². The van der Waals surface area contributed by atoms with E-state index in [0.717, 1.165) is 6.42 Å². The lowest BCUT2D eigenvalue weighted by Gasteiger charge is -2.07. The second-order valence-corrected chi connectivity index (χ2v) is 5.41. The average Bonchev–Trinajstić information content (AvgIpc) is 2.92. The van der Waals surface area contributed by atoms with Crippen LogP contribution in [-0.2, 0) is 16.0 Å². The van der Waals surface area contributed by atoms with Crippen molar-refractivity contribution in [3.63, 3.8) is 0 Å². The van der Waals surface area contributed by atoms with Crippen LogP contribution in [0.15, 0.2) is 23.3 Å². The van der Waals surface area contributed by atoms with Crippen LogP contribution in [0, 0.1) is 6.92 Å². The number of pyridine rings is 1. The Hall–Kier alpha value is -2.74. The minimum absolute atomic E-state index is 0.147. The molecular weight excluding hydrogens is 312 g/mol. The minimum Gasteiger partial charge on any atom is -0.465 e. The van der Waals surface area contributed by atoms with Gasteiger partial charge in [0.15, 0.2) is 5.65 Å². The van der Waals surface area contributed by atoms with Crippen molar-refractivity contribution in [2.45, 2.75) is 19.9 Å². The maximum absolute atomic E-state index is 12.6. The van der Waals surface area contributed by atoms with Crippen LogP contribution >= 0.6 is 0 Å². The molecule has 0 atom stereocenters. The van der Waals surface area contributed by atoms with E-state index in [2.05, 4.69) is 10.1 Å². The van der Waals surface area contributed by atoms with Gasteiger partial charge in [-0.25, -0.2) is 14.3 Å². The van der Waals surface area contributed by atoms with Gasteiger partial charge in [0, 0.05) is 32.7 Å². The standard InChI is InChI=1S/C16H18N4O4/c1-10-13(16(22)24-3)14-17-9-11-12(20(14)18-10)5-7-19(15(11)21)6-4-8-23-2/h5,7,9H,4,6,8H2,1-3H3. The van der Waals surface area contributed by atoms with Gasteiger partial charge < -0.3 is 14.0 Å². The van der Waals surface area contributed by atoms with E-state index >= 15 is 0 Å². The molecule has 0 aliphatic heterocycles. The summed E-state index contributed by atoms with van der Waals surface area (Å²) in [5.74, 6) is -0.498. The number of aryl methyl sites for hydroxylation is 2. The molecule has 126 valence electrons. The van der Waals surface area contributed by atoms with E-state index in [9.17, 15) is 9.59 Å². The van der Waals surface area contributed by atoms with Crippen molar-refractivity contribution in [2.24, 2.45) is 0 Å². The molecule has 0 saturated heterocycles. The van der Waals surface area contributed by atoms with E-state index in [1.807, 2.05) is 0 Å². The van der Waals surface area contributed by atoms with Crippen molar-refractivity contribution in [3.05, 3.63) is 40.1 Å². The zero-order chi connectivity index (χ0) is 17.3. The number of hydrogen-bond donors (Lipinski definition) is 0. The van der Waals surface area contributed by atoms with Gasteiger partial charge in [0.1, 0.15) is 5.56 Å². The number of nitrogens with zero attached hydrogens (tertiary/aromatic N) is 4. The van der Waals surface area contributed by atoms with E-state index in [1.54, 1.807) is 30.9 Å². The van der Waals surface area contributed by atoms with Gasteiger partial charge in [0.05, 0.1) is 23.7 Å². The third-order valence-electron chi connectivity index (χ3n) is 3.90. The molecule has 0 fully saturated rings. The van der Waals surface area contributed by atoms with Crippen LogP contribution in [-0.4, -0.2) is 46.0 Å². The molecule has 0 unspecified atom stereocenters. The monoisotopic (exact) mass is 330 g/mol. The summed E-state index contributed by atoms with van der Waals surface area (Å²) in [7, 11) is 2.94. The van der Waals surface area contributed by atoms with Crippen LogP contribution in [0.4, 0.5) is 0 Å². The molecule has 3 aromatic rings. The summed E-state index contributed by atoms with van der Waals surface area (Å²) in [6.07, 6.45) is 3.94. The molecule has 24 heavy (non-hydrogen) atoms. The second-order valence-electron chi connectivity index (χ2n) is 5.41. The number of rotatable bonds is 5. The predicted molar refractivity (Wildman–Crippen MR) is 87.3 cm³/mol. The van der Waals surface area contributed by atoms with E-state index in [1.165, 1.54) is 17.8 Å². The van der Waals surface area contributed by atoms with E-state index in [-0.39, 0.29) is 5.56 Å². The predicted octanol–water partition coefficient (Wildman–Crippen LogP) is 1.18. The lowest BCUT2D eigenvalue weighted by Crippen LogP contribution is -2.21. The van der Waals surface area contributed by atoms with Crippen molar-refractivity contribution >= 4 is 22.5 Å². The Balaban J connectivity index is 2.17. The molecule has 0 aliphatic rings. The van der Waals surface area contributed by atoms with Crippen molar-refractivity contribution < 1.29 is 14.3 Å². The molecule has 8 nitrogen and oxygen atoms in total. The lowest BCUT2D eigenvalue weighted by molar-refractivity contribution is 0.0602. The minimum atomic E-state index is -0.498. The summed E-state index contributed by atoms with van der Waals surface area (Å²) in [6, 6.07) is 1.80. The summed E-state index contributed by atoms with van der Waals surface area (Å²) >= 11 is 0. The van der Waals surface area contributed by atoms with Crippen LogP contribution < -0.4 is 5.56 Å². The second kappa shape index (κ2) is 6.40. The summed E-state index contributed by atoms with van der Waals surface area (Å²) in [6.45, 7) is 2.85. The van der Waals surface area contributed by atoms with Gasteiger partial charge in [-0.15, -0.1) is 0 Å². The third-order valence-corrected chi connectivity index (χ3v) is 3.90. The van der Waals surface area contributed by atoms with Crippen LogP contribution in [0.1, 0.15) is 22.5 Å². The fraction of sp³-hybridized carbons (Fsp3) is 0.375. The highest BCUT2D eigenvalue weighted by Crippen LogP contribution is 2.18. The molecule has 0 bridgehead atoms. The number of aromatic nitrogens is 4. The summed E-state index contributed by atoms with van der Waals surface area (Å²) < 4.78 is 12.9. The fourth-order valence-electron chi connectivity index (χ4n) is 2.71. The normalized spacial score (nSPS) is 11.3. The van der Waals surface area contributed by atoms with Crippen LogP contribution in [0.25, 0.3) is 16.6 Å². The Morgan fingerprint density at radius 2 is 2.12 bits per heavy atom. The molecule has 3 aromatic heterocycles. The van der Waals surface area contributed by atoms with Gasteiger partial charge in [0.25, 0.3) is 5.56 Å². The number of fused-ring (bicyclic) bond motifs is 3. The highest BCUT2D eigenvalue weighted by molar-refractivity contribution is 5.98. The first-order chi connectivity index (χ1) is 11.6. The molecule has 3 rings (SSSR count). The fourth-order valence-corrected chi connectivity index (χ4v) is 2.71. The van der Waals surface area contributed by atoms with Crippen molar-refractivity contribution in [2.75, 3.05) is 20.8 Å². The lowest BCUT2D eigenvalue weighted by atomic mass is 10.2. The van der Waals surface area contributed by atoms with E-state index in [4.69, 9.17) is 9.47 Å². The zero-order valence-electron chi connectivity index (χ0n) is 13.8. The SMILES string of the molecule is COCCCn1ccc2c(cnc3c(C(=O)OC)c(C)nn32)c1=O. The zero-order valence-corrected chi connectivity index (χ0v) is 13.8. The Morgan fingerprint density at radius 3 is 2.83 bits per heavy atom. The summed E-state index contributed by atoms with van der Waals surface area (Å²) in [4.78, 5) is 28.8. The highest BCUT2D eigenvalue weighted by atomic mass is 16.5. The summed E-state index contributed by atoms with van der Waals surface area (Å²) in [5.41, 5.74) is 1.65. The number of carbonyl (C=O) groups is 1. The molecule has 0 saturated carbocycles. The maximum Gasteiger partial charge on any atom is 0.343 e. The molecule has 8 heteroatoms. The molecular formula is C16H18N4O4. The Kier molecular flexibility index (Phi) is 4.30. The van der Waals surface area contributed by atoms with Gasteiger partial charge >= 0.3 is 5.97 Å². The van der Waals surface area contributed by atoms with Crippen molar-refractivity contribution in [3.8, 4) is 0 Å². The smallest absolute Gasteiger partial charge is 0.343 e. The molecule has 0 N–H and O–H groups in total. The molecule has 3 heterocycles. The largest absolute Gasteiger partial charge is 0.465 e. The molecule has 0 aliphatic carbocycles. The Morgan fingerprint density at radius 1 is 1.33 bits per heavy atom. The number of carbonyl (C=O) groups excluding carboxylic acids is 1. The Bertz CT molecular complexity index is 974. The van der Waals surface area contributed by atoms with Crippen LogP contribution in [0.3, 0.4) is 0 Å². The van der Waals surface area contributed by atoms with Crippen molar-refractivity contribution in [1.29, 1.82) is 0 Å². The topological polar surface area (TPSA) is 87.7 Å². The van der Waals surface area contributed by atoms with Gasteiger partial charge in [-0.05, 0) is 19.4 Å². The number of hydrogen-bond acceptors (Lipinski definition) is 6. The van der Waals surface area contributed by atoms with Crippen LogP contribution in [0.5, 0.6) is 0 Å². The van der Waals surface area contributed by atoms with Crippen molar-refractivity contribution in [1.82, 2.24) is 19.2 Å². The van der Waals surface area contributed by atoms with E-state index in [0.29, 0.717) is 41.0 Å². The number of ether oxygens (including phenoxy) is 2. The first-order valence-electron chi connectivity index (χ1n) is 7.53. The van der Waals surface area contributed by atoms with Gasteiger partial charge in [0.2, 0.25) is 0 Å². The van der Waals surface area contributed by atoms with Crippen LogP contribution in [0.2, 0.25) is 0 Å². The Labute approximate surface area is 137 Å². The highest BCUT2D eigenvalue weighted by Gasteiger charge is 2.20. The molecule has 0 spiro atoms. The van der Waals surface area contributed by atoms with Gasteiger partial charge in [-0.1, -0.05) is 0 Å². The molecule has 0 aromatic carbocycles. The van der Waals surface area contributed by atoms with Gasteiger partial charge in [-0.2, -0.15) is 5.10 Å². The molecule has 0 radical (unpaired) electrons. The first kappa shape index (κ1) is 16.1. The third kappa shape index (κ3) is 2.54. The number of methoxy groups -OCH3 is 2. The average molecular weight is 330 g/mol. The molecule has 0 amide bonds. The maximum atomic E-state index is 12.6. The quantitative estimate of drug-likeness (QED) is 0.515. The number of esters is 1. The summed E-state index contributed by atoms with van der Waals surface area (Å²) in [5, 5.41) is 4.79. The van der Waals surface area contributed by atoms with E-state index < -0.39 is 5.97 Å².